The van der Waals surface area contributed by atoms with Crippen molar-refractivity contribution in [2.24, 2.45) is 5.41 Å². The van der Waals surface area contributed by atoms with E-state index in [0.717, 1.165) is 56.7 Å². The Bertz CT molecular complexity index is 1160. The lowest BCUT2D eigenvalue weighted by molar-refractivity contribution is -0.123. The fraction of sp³-hybridized carbons (Fsp3) is 0.567. The Morgan fingerprint density at radius 2 is 1.76 bits per heavy atom. The molecular weight excluding hydrogens is 478 g/mol. The Labute approximate surface area is 226 Å². The van der Waals surface area contributed by atoms with Crippen molar-refractivity contribution < 1.29 is 14.4 Å². The van der Waals surface area contributed by atoms with Gasteiger partial charge in [0.1, 0.15) is 11.7 Å². The van der Waals surface area contributed by atoms with Crippen LogP contribution in [0, 0.1) is 12.3 Å². The summed E-state index contributed by atoms with van der Waals surface area (Å²) in [5.41, 5.74) is 4.61. The number of H-pyrrole nitrogens is 1. The highest BCUT2D eigenvalue weighted by atomic mass is 16.2. The van der Waals surface area contributed by atoms with Gasteiger partial charge in [0.2, 0.25) is 5.91 Å². The van der Waals surface area contributed by atoms with Crippen LogP contribution in [-0.4, -0.2) is 66.8 Å². The molecule has 2 amide bonds. The largest absolute Gasteiger partial charge is 0.369 e. The van der Waals surface area contributed by atoms with Crippen molar-refractivity contribution in [1.82, 2.24) is 20.5 Å². The number of nitrogens with one attached hydrogen (secondary N) is 3. The van der Waals surface area contributed by atoms with Crippen molar-refractivity contribution in [3.8, 4) is 0 Å². The number of amides is 2. The molecule has 1 aromatic heterocycles. The molecule has 4 rings (SSSR count). The highest BCUT2D eigenvalue weighted by Gasteiger charge is 2.35. The maximum Gasteiger partial charge on any atom is 0.268 e. The third kappa shape index (κ3) is 6.46. The molecule has 0 unspecified atom stereocenters. The van der Waals surface area contributed by atoms with E-state index in [9.17, 15) is 14.4 Å². The van der Waals surface area contributed by atoms with Gasteiger partial charge in [-0.05, 0) is 55.5 Å². The molecule has 8 nitrogen and oxygen atoms in total. The van der Waals surface area contributed by atoms with Crippen molar-refractivity contribution in [2.75, 3.05) is 38.1 Å². The number of nitrogens with zero attached hydrogens (tertiary/aromatic N) is 2. The molecule has 1 fully saturated rings. The Morgan fingerprint density at radius 3 is 2.42 bits per heavy atom. The third-order valence-corrected chi connectivity index (χ3v) is 7.87. The fourth-order valence-corrected chi connectivity index (χ4v) is 5.57. The molecule has 0 spiro atoms. The molecule has 0 radical (unpaired) electrons. The second-order valence-electron chi connectivity index (χ2n) is 11.8. The van der Waals surface area contributed by atoms with Gasteiger partial charge in [-0.2, -0.15) is 0 Å². The average molecular weight is 522 g/mol. The number of anilines is 1. The van der Waals surface area contributed by atoms with E-state index in [0.29, 0.717) is 36.2 Å². The first-order chi connectivity index (χ1) is 18.1. The summed E-state index contributed by atoms with van der Waals surface area (Å²) in [7, 11) is 2.15. The number of carbonyl (C=O) groups is 3. The number of benzene rings is 1. The van der Waals surface area contributed by atoms with Crippen LogP contribution in [-0.2, 0) is 17.8 Å². The maximum atomic E-state index is 13.3. The number of piperazine rings is 1. The van der Waals surface area contributed by atoms with Crippen LogP contribution in [0.4, 0.5) is 5.69 Å². The summed E-state index contributed by atoms with van der Waals surface area (Å²) in [4.78, 5) is 47.1. The summed E-state index contributed by atoms with van der Waals surface area (Å²) in [5, 5.41) is 5.95. The monoisotopic (exact) mass is 521 g/mol. The first kappa shape index (κ1) is 27.9. The molecule has 8 heteroatoms. The lowest BCUT2D eigenvalue weighted by atomic mass is 9.75. The number of Topliss-reactive ketones (excluding diaryl/α,β-unsaturated/α-hetero) is 1. The van der Waals surface area contributed by atoms with Gasteiger partial charge < -0.3 is 25.4 Å². The zero-order valence-corrected chi connectivity index (χ0v) is 23.6. The van der Waals surface area contributed by atoms with Crippen molar-refractivity contribution in [1.29, 1.82) is 0 Å². The normalized spacial score (nSPS) is 18.1. The zero-order chi connectivity index (χ0) is 27.4. The zero-order valence-electron chi connectivity index (χ0n) is 23.6. The number of ketones is 1. The Balaban J connectivity index is 1.38. The van der Waals surface area contributed by atoms with Crippen LogP contribution in [0.15, 0.2) is 24.3 Å². The molecule has 206 valence electrons. The van der Waals surface area contributed by atoms with Crippen LogP contribution < -0.4 is 15.5 Å². The van der Waals surface area contributed by atoms with Gasteiger partial charge >= 0.3 is 0 Å². The number of aromatic nitrogens is 1. The molecule has 1 atom stereocenters. The molecule has 0 bridgehead atoms. The molecule has 2 aliphatic rings. The summed E-state index contributed by atoms with van der Waals surface area (Å²) in [6.07, 6.45) is 3.49. The van der Waals surface area contributed by atoms with E-state index in [4.69, 9.17) is 0 Å². The Morgan fingerprint density at radius 1 is 1.08 bits per heavy atom. The highest BCUT2D eigenvalue weighted by Crippen LogP contribution is 2.36. The molecule has 0 saturated carbocycles. The van der Waals surface area contributed by atoms with Crippen LogP contribution in [0.1, 0.15) is 84.1 Å². The minimum Gasteiger partial charge on any atom is -0.369 e. The van der Waals surface area contributed by atoms with E-state index < -0.39 is 6.04 Å². The van der Waals surface area contributed by atoms with Crippen LogP contribution in [0.5, 0.6) is 0 Å². The van der Waals surface area contributed by atoms with Gasteiger partial charge in [-0.25, -0.2) is 0 Å². The number of fused-ring (bicyclic) bond motifs is 1. The lowest BCUT2D eigenvalue weighted by Gasteiger charge is -2.34. The topological polar surface area (TPSA) is 97.5 Å². The van der Waals surface area contributed by atoms with Crippen LogP contribution >= 0.6 is 0 Å². The number of likely N-dealkylation sites (N-methyl/N-ethyl adjacent to an activating group) is 1. The van der Waals surface area contributed by atoms with Gasteiger partial charge in [0.25, 0.3) is 5.91 Å². The minimum absolute atomic E-state index is 0.0722. The molecule has 2 heterocycles. The van der Waals surface area contributed by atoms with Crippen LogP contribution in [0.25, 0.3) is 0 Å². The predicted octanol–water partition coefficient (Wildman–Crippen LogP) is 3.84. The lowest BCUT2D eigenvalue weighted by Crippen LogP contribution is -2.46. The highest BCUT2D eigenvalue weighted by molar-refractivity contribution is 6.05. The van der Waals surface area contributed by atoms with E-state index in [-0.39, 0.29) is 23.0 Å². The molecule has 38 heavy (non-hydrogen) atoms. The fourth-order valence-electron chi connectivity index (χ4n) is 5.57. The summed E-state index contributed by atoms with van der Waals surface area (Å²) >= 11 is 0. The van der Waals surface area contributed by atoms with Gasteiger partial charge in [0.15, 0.2) is 5.78 Å². The SMILES string of the molecule is CCCC[C@H](NC(=O)c1[nH]c2c(c1C)C(=O)CC(C)(C)C2)C(=O)NCc1ccc(N2CCN(C)CC2)cc1. The Kier molecular flexibility index (Phi) is 8.61. The number of rotatable bonds is 9. The van der Waals surface area contributed by atoms with Gasteiger partial charge in [-0.1, -0.05) is 45.7 Å². The number of hydrogen-bond acceptors (Lipinski definition) is 5. The van der Waals surface area contributed by atoms with E-state index in [2.05, 4.69) is 77.5 Å². The van der Waals surface area contributed by atoms with Crippen molar-refractivity contribution in [3.05, 3.63) is 52.3 Å². The quantitative estimate of drug-likeness (QED) is 0.466. The van der Waals surface area contributed by atoms with Gasteiger partial charge in [0, 0.05) is 56.1 Å². The first-order valence-corrected chi connectivity index (χ1v) is 13.9. The van der Waals surface area contributed by atoms with Crippen molar-refractivity contribution in [3.63, 3.8) is 0 Å². The maximum absolute atomic E-state index is 13.3. The Hall–Kier alpha value is -3.13. The number of hydrogen-bond donors (Lipinski definition) is 3. The first-order valence-electron chi connectivity index (χ1n) is 13.9. The molecule has 1 saturated heterocycles. The van der Waals surface area contributed by atoms with Gasteiger partial charge in [-0.15, -0.1) is 0 Å². The van der Waals surface area contributed by atoms with Gasteiger partial charge in [-0.3, -0.25) is 14.4 Å². The number of unbranched alkanes of at least 4 members (excludes halogenated alkanes) is 1. The number of carbonyl (C=O) groups excluding carboxylic acids is 3. The third-order valence-electron chi connectivity index (χ3n) is 7.87. The van der Waals surface area contributed by atoms with Crippen molar-refractivity contribution in [2.45, 2.75) is 72.4 Å². The molecule has 1 aliphatic carbocycles. The molecule has 2 aromatic rings. The van der Waals surface area contributed by atoms with E-state index >= 15 is 0 Å². The predicted molar refractivity (Wildman–Crippen MR) is 151 cm³/mol. The molecule has 1 aromatic carbocycles. The molecule has 1 aliphatic heterocycles. The average Bonchev–Trinajstić information content (AvgIpc) is 3.21. The summed E-state index contributed by atoms with van der Waals surface area (Å²) < 4.78 is 0. The second-order valence-corrected chi connectivity index (χ2v) is 11.8. The molecular formula is C30H43N5O3. The second kappa shape index (κ2) is 11.7. The van der Waals surface area contributed by atoms with Crippen LogP contribution in [0.2, 0.25) is 0 Å². The molecule has 3 N–H and O–H groups in total. The summed E-state index contributed by atoms with van der Waals surface area (Å²) in [6.45, 7) is 12.6. The minimum atomic E-state index is -0.640. The van der Waals surface area contributed by atoms with E-state index in [1.165, 1.54) is 5.69 Å². The smallest absolute Gasteiger partial charge is 0.268 e. The van der Waals surface area contributed by atoms with E-state index in [1.807, 2.05) is 6.92 Å². The standard InChI is InChI=1S/C30H43N5O3/c1-6-7-8-23(33-29(38)27-20(2)26-24(32-27)17-30(3,4)18-25(26)36)28(37)31-19-21-9-11-22(12-10-21)35-15-13-34(5)14-16-35/h9-12,23,32H,6-8,13-19H2,1-5H3,(H,31,37)(H,33,38)/t23-/m0/s1. The van der Waals surface area contributed by atoms with Gasteiger partial charge in [0.05, 0.1) is 0 Å². The number of aromatic amines is 1. The van der Waals surface area contributed by atoms with E-state index in [1.54, 1.807) is 0 Å². The summed E-state index contributed by atoms with van der Waals surface area (Å²) in [6, 6.07) is 7.69. The van der Waals surface area contributed by atoms with Crippen molar-refractivity contribution >= 4 is 23.3 Å². The summed E-state index contributed by atoms with van der Waals surface area (Å²) in [5.74, 6) is -0.459. The van der Waals surface area contributed by atoms with Crippen LogP contribution in [0.3, 0.4) is 0 Å².